The molecule has 1 saturated heterocycles. The molecule has 0 unspecified atom stereocenters. The molecule has 1 fully saturated rings. The Bertz CT molecular complexity index is 1330. The molecule has 3 heterocycles. The van der Waals surface area contributed by atoms with Crippen LogP contribution in [0, 0.1) is 18.3 Å². The molecule has 0 atom stereocenters. The fourth-order valence-electron chi connectivity index (χ4n) is 3.76. The second kappa shape index (κ2) is 11.8. The minimum Gasteiger partial charge on any atom is -0.408 e. The van der Waals surface area contributed by atoms with Gasteiger partial charge in [0.05, 0.1) is 11.8 Å². The molecule has 190 valence electrons. The van der Waals surface area contributed by atoms with Gasteiger partial charge in [0.1, 0.15) is 6.54 Å². The van der Waals surface area contributed by atoms with Crippen molar-refractivity contribution in [1.82, 2.24) is 25.5 Å². The van der Waals surface area contributed by atoms with E-state index in [1.54, 1.807) is 26.1 Å². The minimum absolute atomic E-state index is 0.0214. The first-order valence-electron chi connectivity index (χ1n) is 11.9. The van der Waals surface area contributed by atoms with Gasteiger partial charge in [-0.25, -0.2) is 9.97 Å². The van der Waals surface area contributed by atoms with Crippen LogP contribution in [0.3, 0.4) is 0 Å². The molecule has 3 aromatic rings. The average molecular weight is 500 g/mol. The van der Waals surface area contributed by atoms with Crippen molar-refractivity contribution < 1.29 is 9.21 Å². The summed E-state index contributed by atoms with van der Waals surface area (Å²) < 4.78 is 5.54. The summed E-state index contributed by atoms with van der Waals surface area (Å²) in [4.78, 5) is 25.2. The van der Waals surface area contributed by atoms with Crippen molar-refractivity contribution in [3.8, 4) is 6.07 Å². The molecular formula is C26H29N9O2. The van der Waals surface area contributed by atoms with Gasteiger partial charge in [0.15, 0.2) is 0 Å². The van der Waals surface area contributed by atoms with E-state index < -0.39 is 0 Å². The Balaban J connectivity index is 1.35. The molecule has 4 rings (SSSR count). The lowest BCUT2D eigenvalue weighted by Gasteiger charge is -2.35. The van der Waals surface area contributed by atoms with E-state index in [9.17, 15) is 4.79 Å². The molecule has 0 aliphatic carbocycles. The first kappa shape index (κ1) is 25.4. The van der Waals surface area contributed by atoms with E-state index in [1.165, 1.54) is 0 Å². The number of amides is 1. The number of aryl methyl sites for hydroxylation is 1. The zero-order chi connectivity index (χ0) is 26.2. The molecular weight excluding hydrogens is 470 g/mol. The second-order valence-electron chi connectivity index (χ2n) is 8.56. The third-order valence-electron chi connectivity index (χ3n) is 5.88. The number of allylic oxidation sites excluding steroid dienone is 3. The van der Waals surface area contributed by atoms with Gasteiger partial charge in [-0.1, -0.05) is 17.3 Å². The maximum Gasteiger partial charge on any atom is 0.318 e. The number of aromatic nitrogens is 4. The van der Waals surface area contributed by atoms with Crippen LogP contribution in [0.2, 0.25) is 0 Å². The van der Waals surface area contributed by atoms with E-state index in [1.807, 2.05) is 37.3 Å². The van der Waals surface area contributed by atoms with Crippen LogP contribution in [0.15, 0.2) is 58.7 Å². The lowest BCUT2D eigenvalue weighted by molar-refractivity contribution is -0.117. The highest BCUT2D eigenvalue weighted by Crippen LogP contribution is 2.23. The number of piperazine rings is 1. The van der Waals surface area contributed by atoms with Gasteiger partial charge in [-0.2, -0.15) is 5.26 Å². The van der Waals surface area contributed by atoms with Crippen molar-refractivity contribution in [3.63, 3.8) is 0 Å². The molecule has 2 N–H and O–H groups in total. The smallest absolute Gasteiger partial charge is 0.318 e. The minimum atomic E-state index is -0.275. The molecule has 0 radical (unpaired) electrons. The van der Waals surface area contributed by atoms with E-state index in [0.29, 0.717) is 23.4 Å². The number of nitrogens with zero attached hydrogens (tertiary/aromatic N) is 7. The largest absolute Gasteiger partial charge is 0.408 e. The number of carbonyl (C=O) groups excluding carboxylic acids is 1. The standard InChI is InChI=1S/C26H29N9O2/c1-18(4-5-19(2)24(36)28-13-11-27)23-10-12-29-25(31-23)30-21-6-8-22(9-7-21)34-14-16-35(17-15-34)26-33-32-20(3)37-26/h4-10,12H,13-17H2,1-3H3,(H,28,36)(H,29,30,31). The summed E-state index contributed by atoms with van der Waals surface area (Å²) in [6, 6.07) is 12.5. The third-order valence-corrected chi connectivity index (χ3v) is 5.88. The number of anilines is 4. The molecule has 37 heavy (non-hydrogen) atoms. The Morgan fingerprint density at radius 1 is 1.08 bits per heavy atom. The zero-order valence-corrected chi connectivity index (χ0v) is 21.1. The lowest BCUT2D eigenvalue weighted by Crippen LogP contribution is -2.46. The SMILES string of the molecule is CC(=CC=C(C)c1ccnc(Nc2ccc(N3CCN(c4nnc(C)o4)CC3)cc2)n1)C(=O)NCC#N. The van der Waals surface area contributed by atoms with Gasteiger partial charge in [0.25, 0.3) is 0 Å². The van der Waals surface area contributed by atoms with Crippen LogP contribution in [0.5, 0.6) is 0 Å². The Labute approximate surface area is 215 Å². The van der Waals surface area contributed by atoms with E-state index in [4.69, 9.17) is 9.68 Å². The average Bonchev–Trinajstić information content (AvgIpc) is 3.37. The number of carbonyl (C=O) groups is 1. The monoisotopic (exact) mass is 499 g/mol. The highest BCUT2D eigenvalue weighted by molar-refractivity contribution is 5.93. The topological polar surface area (TPSA) is 136 Å². The van der Waals surface area contributed by atoms with Gasteiger partial charge in [0, 0.05) is 56.2 Å². The molecule has 11 nitrogen and oxygen atoms in total. The molecule has 0 bridgehead atoms. The van der Waals surface area contributed by atoms with Gasteiger partial charge >= 0.3 is 6.01 Å². The van der Waals surface area contributed by atoms with Crippen LogP contribution in [-0.4, -0.2) is 58.8 Å². The van der Waals surface area contributed by atoms with Crippen molar-refractivity contribution in [2.75, 3.05) is 47.8 Å². The predicted molar refractivity (Wildman–Crippen MR) is 141 cm³/mol. The molecule has 0 saturated carbocycles. The molecule has 2 aromatic heterocycles. The Morgan fingerprint density at radius 3 is 2.49 bits per heavy atom. The van der Waals surface area contributed by atoms with Crippen LogP contribution < -0.4 is 20.4 Å². The number of benzene rings is 1. The summed E-state index contributed by atoms with van der Waals surface area (Å²) in [6.45, 7) is 8.73. The summed E-state index contributed by atoms with van der Waals surface area (Å²) in [5, 5.41) is 22.4. The summed E-state index contributed by atoms with van der Waals surface area (Å²) in [5.74, 6) is 0.780. The van der Waals surface area contributed by atoms with Gasteiger partial charge in [-0.05, 0) is 49.8 Å². The van der Waals surface area contributed by atoms with Crippen molar-refractivity contribution >= 4 is 34.8 Å². The normalized spacial score (nSPS) is 14.3. The van der Waals surface area contributed by atoms with Crippen molar-refractivity contribution in [1.29, 1.82) is 5.26 Å². The Morgan fingerprint density at radius 2 is 1.81 bits per heavy atom. The summed E-state index contributed by atoms with van der Waals surface area (Å²) in [7, 11) is 0. The van der Waals surface area contributed by atoms with E-state index >= 15 is 0 Å². The number of rotatable bonds is 8. The number of nitrogens with one attached hydrogen (secondary N) is 2. The zero-order valence-electron chi connectivity index (χ0n) is 21.1. The molecule has 0 spiro atoms. The van der Waals surface area contributed by atoms with Crippen LogP contribution in [-0.2, 0) is 4.79 Å². The number of hydrogen-bond donors (Lipinski definition) is 2. The van der Waals surface area contributed by atoms with Gasteiger partial charge in [-0.15, -0.1) is 5.10 Å². The quantitative estimate of drug-likeness (QED) is 0.270. The number of hydrogen-bond acceptors (Lipinski definition) is 10. The van der Waals surface area contributed by atoms with Crippen LogP contribution in [0.1, 0.15) is 25.4 Å². The van der Waals surface area contributed by atoms with Crippen LogP contribution in [0.4, 0.5) is 23.3 Å². The summed E-state index contributed by atoms with van der Waals surface area (Å²) in [5.41, 5.74) is 4.15. The highest BCUT2D eigenvalue weighted by atomic mass is 16.4. The maximum absolute atomic E-state index is 11.9. The Kier molecular flexibility index (Phi) is 8.10. The third kappa shape index (κ3) is 6.70. The number of nitriles is 1. The Hall–Kier alpha value is -4.72. The van der Waals surface area contributed by atoms with Gasteiger partial charge < -0.3 is 24.9 Å². The second-order valence-corrected chi connectivity index (χ2v) is 8.56. The van der Waals surface area contributed by atoms with E-state index in [-0.39, 0.29) is 12.5 Å². The predicted octanol–water partition coefficient (Wildman–Crippen LogP) is 3.23. The highest BCUT2D eigenvalue weighted by Gasteiger charge is 2.21. The molecule has 1 aromatic carbocycles. The van der Waals surface area contributed by atoms with E-state index in [0.717, 1.165) is 48.8 Å². The van der Waals surface area contributed by atoms with Crippen molar-refractivity contribution in [2.45, 2.75) is 20.8 Å². The summed E-state index contributed by atoms with van der Waals surface area (Å²) in [6.07, 6.45) is 5.22. The van der Waals surface area contributed by atoms with Gasteiger partial charge in [-0.3, -0.25) is 4.79 Å². The van der Waals surface area contributed by atoms with Crippen LogP contribution >= 0.6 is 0 Å². The first-order valence-corrected chi connectivity index (χ1v) is 11.9. The fourth-order valence-corrected chi connectivity index (χ4v) is 3.76. The first-order chi connectivity index (χ1) is 17.9. The van der Waals surface area contributed by atoms with Crippen molar-refractivity contribution in [3.05, 3.63) is 65.8 Å². The molecule has 1 amide bonds. The lowest BCUT2D eigenvalue weighted by atomic mass is 10.1. The van der Waals surface area contributed by atoms with Gasteiger partial charge in [0.2, 0.25) is 17.7 Å². The summed E-state index contributed by atoms with van der Waals surface area (Å²) >= 11 is 0. The van der Waals surface area contributed by atoms with E-state index in [2.05, 4.69) is 52.7 Å². The molecule has 1 aliphatic heterocycles. The molecule has 1 aliphatic rings. The fraction of sp³-hybridized carbons (Fsp3) is 0.308. The maximum atomic E-state index is 11.9. The molecule has 11 heteroatoms. The van der Waals surface area contributed by atoms with Crippen molar-refractivity contribution in [2.24, 2.45) is 0 Å². The van der Waals surface area contributed by atoms with Crippen LogP contribution in [0.25, 0.3) is 5.57 Å².